The molecule has 3 nitrogen and oxygen atoms in total. The number of benzene rings is 1. The SMILES string of the molecule is O=C(NCc1cccs1)OCCCc1ccccc1. The minimum atomic E-state index is -0.346. The molecule has 1 amide bonds. The number of aryl methyl sites for hydroxylation is 1. The van der Waals surface area contributed by atoms with Crippen molar-refractivity contribution in [1.82, 2.24) is 5.32 Å². The molecule has 19 heavy (non-hydrogen) atoms. The number of ether oxygens (including phenoxy) is 1. The Balaban J connectivity index is 1.57. The fourth-order valence-electron chi connectivity index (χ4n) is 1.71. The number of hydrogen-bond acceptors (Lipinski definition) is 3. The lowest BCUT2D eigenvalue weighted by Crippen LogP contribution is -2.23. The van der Waals surface area contributed by atoms with Crippen LogP contribution in [0.5, 0.6) is 0 Å². The Morgan fingerprint density at radius 3 is 2.74 bits per heavy atom. The van der Waals surface area contributed by atoms with Crippen LogP contribution in [0.2, 0.25) is 0 Å². The predicted octanol–water partition coefficient (Wildman–Crippen LogP) is 3.61. The van der Waals surface area contributed by atoms with Crippen molar-refractivity contribution < 1.29 is 9.53 Å². The fraction of sp³-hybridized carbons (Fsp3) is 0.267. The van der Waals surface area contributed by atoms with Crippen molar-refractivity contribution in [2.75, 3.05) is 6.61 Å². The number of alkyl carbamates (subject to hydrolysis) is 1. The van der Waals surface area contributed by atoms with Gasteiger partial charge in [-0.05, 0) is 29.9 Å². The predicted molar refractivity (Wildman–Crippen MR) is 77.3 cm³/mol. The van der Waals surface area contributed by atoms with Gasteiger partial charge >= 0.3 is 6.09 Å². The molecule has 1 aromatic carbocycles. The van der Waals surface area contributed by atoms with Crippen molar-refractivity contribution in [3.8, 4) is 0 Å². The first-order valence-electron chi connectivity index (χ1n) is 6.31. The van der Waals surface area contributed by atoms with Gasteiger partial charge in [0.15, 0.2) is 0 Å². The van der Waals surface area contributed by atoms with E-state index < -0.39 is 0 Å². The van der Waals surface area contributed by atoms with Crippen LogP contribution in [0.4, 0.5) is 4.79 Å². The Bertz CT molecular complexity index is 482. The first-order chi connectivity index (χ1) is 9.34. The third kappa shape index (κ3) is 5.14. The highest BCUT2D eigenvalue weighted by Crippen LogP contribution is 2.07. The molecule has 100 valence electrons. The van der Waals surface area contributed by atoms with Gasteiger partial charge in [0.2, 0.25) is 0 Å². The highest BCUT2D eigenvalue weighted by Gasteiger charge is 2.02. The van der Waals surface area contributed by atoms with E-state index in [1.807, 2.05) is 35.7 Å². The molecule has 0 saturated carbocycles. The van der Waals surface area contributed by atoms with Crippen molar-refractivity contribution in [2.24, 2.45) is 0 Å². The van der Waals surface area contributed by atoms with Crippen LogP contribution in [0.25, 0.3) is 0 Å². The number of hydrogen-bond donors (Lipinski definition) is 1. The highest BCUT2D eigenvalue weighted by atomic mass is 32.1. The van der Waals surface area contributed by atoms with Gasteiger partial charge in [-0.3, -0.25) is 0 Å². The number of carbonyl (C=O) groups excluding carboxylic acids is 1. The van der Waals surface area contributed by atoms with E-state index in [9.17, 15) is 4.79 Å². The second-order valence-corrected chi connectivity index (χ2v) is 5.19. The molecule has 1 N–H and O–H groups in total. The molecule has 0 unspecified atom stereocenters. The average molecular weight is 275 g/mol. The summed E-state index contributed by atoms with van der Waals surface area (Å²) >= 11 is 1.62. The van der Waals surface area contributed by atoms with Crippen molar-refractivity contribution in [3.63, 3.8) is 0 Å². The topological polar surface area (TPSA) is 38.3 Å². The van der Waals surface area contributed by atoms with E-state index in [0.717, 1.165) is 17.7 Å². The second-order valence-electron chi connectivity index (χ2n) is 4.16. The molecule has 0 bridgehead atoms. The summed E-state index contributed by atoms with van der Waals surface area (Å²) in [5.74, 6) is 0. The monoisotopic (exact) mass is 275 g/mol. The van der Waals surface area contributed by atoms with E-state index >= 15 is 0 Å². The van der Waals surface area contributed by atoms with Gasteiger partial charge in [-0.25, -0.2) is 4.79 Å². The third-order valence-corrected chi connectivity index (χ3v) is 3.55. The Hall–Kier alpha value is -1.81. The second kappa shape index (κ2) is 7.59. The minimum Gasteiger partial charge on any atom is -0.450 e. The molecule has 0 fully saturated rings. The molecule has 2 aromatic rings. The van der Waals surface area contributed by atoms with Crippen LogP contribution in [0.3, 0.4) is 0 Å². The van der Waals surface area contributed by atoms with Gasteiger partial charge < -0.3 is 10.1 Å². The Kier molecular flexibility index (Phi) is 5.44. The standard InChI is InChI=1S/C15H17NO2S/c17-15(16-12-14-9-5-11-19-14)18-10-4-8-13-6-2-1-3-7-13/h1-3,5-7,9,11H,4,8,10,12H2,(H,16,17). The van der Waals surface area contributed by atoms with Crippen LogP contribution >= 0.6 is 11.3 Å². The molecule has 4 heteroatoms. The van der Waals surface area contributed by atoms with E-state index in [-0.39, 0.29) is 6.09 Å². The maximum Gasteiger partial charge on any atom is 0.407 e. The maximum atomic E-state index is 11.4. The number of amides is 1. The summed E-state index contributed by atoms with van der Waals surface area (Å²) in [5.41, 5.74) is 1.27. The summed E-state index contributed by atoms with van der Waals surface area (Å²) < 4.78 is 5.12. The van der Waals surface area contributed by atoms with E-state index in [2.05, 4.69) is 17.4 Å². The number of rotatable bonds is 6. The number of nitrogens with one attached hydrogen (secondary N) is 1. The zero-order valence-electron chi connectivity index (χ0n) is 10.7. The van der Waals surface area contributed by atoms with Crippen molar-refractivity contribution in [3.05, 3.63) is 58.3 Å². The Morgan fingerprint density at radius 1 is 1.16 bits per heavy atom. The zero-order valence-corrected chi connectivity index (χ0v) is 11.5. The maximum absolute atomic E-state index is 11.4. The van der Waals surface area contributed by atoms with Crippen LogP contribution in [-0.4, -0.2) is 12.7 Å². The normalized spacial score (nSPS) is 10.1. The quantitative estimate of drug-likeness (QED) is 0.818. The van der Waals surface area contributed by atoms with Crippen molar-refractivity contribution in [1.29, 1.82) is 0 Å². The Morgan fingerprint density at radius 2 is 2.00 bits per heavy atom. The van der Waals surface area contributed by atoms with Gasteiger partial charge in [-0.15, -0.1) is 11.3 Å². The average Bonchev–Trinajstić information content (AvgIpc) is 2.96. The lowest BCUT2D eigenvalue weighted by Gasteiger charge is -2.06. The van der Waals surface area contributed by atoms with Gasteiger partial charge in [0, 0.05) is 4.88 Å². The largest absolute Gasteiger partial charge is 0.450 e. The molecule has 1 heterocycles. The Labute approximate surface area is 117 Å². The van der Waals surface area contributed by atoms with E-state index in [1.54, 1.807) is 11.3 Å². The number of carbonyl (C=O) groups is 1. The van der Waals surface area contributed by atoms with Gasteiger partial charge in [-0.1, -0.05) is 36.4 Å². The summed E-state index contributed by atoms with van der Waals surface area (Å²) in [6.45, 7) is 0.986. The van der Waals surface area contributed by atoms with E-state index in [0.29, 0.717) is 13.2 Å². The van der Waals surface area contributed by atoms with Crippen LogP contribution < -0.4 is 5.32 Å². The molecule has 0 spiro atoms. The van der Waals surface area contributed by atoms with E-state index in [4.69, 9.17) is 4.74 Å². The third-order valence-electron chi connectivity index (χ3n) is 2.67. The first kappa shape index (κ1) is 13.6. The van der Waals surface area contributed by atoms with Gasteiger partial charge in [-0.2, -0.15) is 0 Å². The molecule has 0 atom stereocenters. The summed E-state index contributed by atoms with van der Waals surface area (Å²) in [6.07, 6.45) is 1.43. The van der Waals surface area contributed by atoms with Gasteiger partial charge in [0.05, 0.1) is 13.2 Å². The first-order valence-corrected chi connectivity index (χ1v) is 7.19. The van der Waals surface area contributed by atoms with Gasteiger partial charge in [0.25, 0.3) is 0 Å². The van der Waals surface area contributed by atoms with Crippen molar-refractivity contribution in [2.45, 2.75) is 19.4 Å². The number of thiophene rings is 1. The van der Waals surface area contributed by atoms with Crippen LogP contribution in [0.15, 0.2) is 47.8 Å². The molecule has 0 saturated heterocycles. The molecular formula is C15H17NO2S. The fourth-order valence-corrected chi connectivity index (χ4v) is 2.35. The minimum absolute atomic E-state index is 0.346. The lowest BCUT2D eigenvalue weighted by atomic mass is 10.1. The van der Waals surface area contributed by atoms with Crippen LogP contribution in [0, 0.1) is 0 Å². The molecule has 0 aliphatic rings. The highest BCUT2D eigenvalue weighted by molar-refractivity contribution is 7.09. The van der Waals surface area contributed by atoms with Crippen LogP contribution in [-0.2, 0) is 17.7 Å². The summed E-state index contributed by atoms with van der Waals surface area (Å²) in [6, 6.07) is 14.1. The molecular weight excluding hydrogens is 258 g/mol. The lowest BCUT2D eigenvalue weighted by molar-refractivity contribution is 0.144. The molecule has 0 radical (unpaired) electrons. The van der Waals surface area contributed by atoms with Crippen LogP contribution in [0.1, 0.15) is 16.9 Å². The summed E-state index contributed by atoms with van der Waals surface area (Å²) in [7, 11) is 0. The van der Waals surface area contributed by atoms with Crippen molar-refractivity contribution >= 4 is 17.4 Å². The molecule has 0 aliphatic heterocycles. The van der Waals surface area contributed by atoms with E-state index in [1.165, 1.54) is 5.56 Å². The smallest absolute Gasteiger partial charge is 0.407 e. The zero-order chi connectivity index (χ0) is 13.3. The molecule has 1 aromatic heterocycles. The van der Waals surface area contributed by atoms with Gasteiger partial charge in [0.1, 0.15) is 0 Å². The summed E-state index contributed by atoms with van der Waals surface area (Å²) in [4.78, 5) is 12.5. The molecule has 2 rings (SSSR count). The summed E-state index contributed by atoms with van der Waals surface area (Å²) in [5, 5.41) is 4.72. The molecule has 0 aliphatic carbocycles.